The van der Waals surface area contributed by atoms with Gasteiger partial charge in [-0.15, -0.1) is 0 Å². The van der Waals surface area contributed by atoms with Gasteiger partial charge < -0.3 is 14.8 Å². The Morgan fingerprint density at radius 2 is 2.38 bits per heavy atom. The van der Waals surface area contributed by atoms with Gasteiger partial charge in [-0.05, 0) is 38.3 Å². The van der Waals surface area contributed by atoms with Crippen LogP contribution in [0.4, 0.5) is 4.39 Å². The zero-order chi connectivity index (χ0) is 14.8. The highest BCUT2D eigenvalue weighted by Gasteiger charge is 2.44. The van der Waals surface area contributed by atoms with E-state index in [1.807, 2.05) is 6.92 Å². The predicted molar refractivity (Wildman–Crippen MR) is 75.5 cm³/mol. The number of nitrogens with one attached hydrogen (secondary N) is 1. The minimum Gasteiger partial charge on any atom is -0.489 e. The van der Waals surface area contributed by atoms with E-state index in [2.05, 4.69) is 5.32 Å². The van der Waals surface area contributed by atoms with Crippen LogP contribution in [0.25, 0.3) is 0 Å². The molecule has 1 amide bonds. The summed E-state index contributed by atoms with van der Waals surface area (Å²) in [5, 5.41) is 2.91. The van der Waals surface area contributed by atoms with Gasteiger partial charge in [0.05, 0.1) is 24.7 Å². The molecular formula is C16H20FNO3. The van der Waals surface area contributed by atoms with Crippen molar-refractivity contribution in [3.63, 3.8) is 0 Å². The summed E-state index contributed by atoms with van der Waals surface area (Å²) >= 11 is 0. The zero-order valence-corrected chi connectivity index (χ0v) is 12.0. The average molecular weight is 293 g/mol. The minimum absolute atomic E-state index is 0.0230. The van der Waals surface area contributed by atoms with E-state index in [9.17, 15) is 9.18 Å². The third-order valence-corrected chi connectivity index (χ3v) is 4.14. The van der Waals surface area contributed by atoms with E-state index < -0.39 is 0 Å². The maximum Gasteiger partial charge on any atom is 0.225 e. The summed E-state index contributed by atoms with van der Waals surface area (Å²) in [4.78, 5) is 12.1. The fourth-order valence-corrected chi connectivity index (χ4v) is 3.10. The van der Waals surface area contributed by atoms with Crippen LogP contribution >= 0.6 is 0 Å². The molecule has 21 heavy (non-hydrogen) atoms. The minimum atomic E-state index is -0.331. The lowest BCUT2D eigenvalue weighted by Crippen LogP contribution is -2.40. The van der Waals surface area contributed by atoms with Crippen LogP contribution in [0.5, 0.6) is 5.75 Å². The van der Waals surface area contributed by atoms with Crippen LogP contribution in [0.15, 0.2) is 24.3 Å². The summed E-state index contributed by atoms with van der Waals surface area (Å²) in [5.41, 5.74) is 0. The first-order valence-electron chi connectivity index (χ1n) is 7.47. The van der Waals surface area contributed by atoms with E-state index in [-0.39, 0.29) is 36.0 Å². The molecule has 4 nitrogen and oxygen atoms in total. The Kier molecular flexibility index (Phi) is 4.10. The molecule has 2 heterocycles. The smallest absolute Gasteiger partial charge is 0.225 e. The molecule has 1 aromatic rings. The Hall–Kier alpha value is -1.62. The monoisotopic (exact) mass is 293 g/mol. The number of fused-ring (bicyclic) bond motifs is 2. The molecule has 0 radical (unpaired) electrons. The van der Waals surface area contributed by atoms with Gasteiger partial charge in [-0.1, -0.05) is 6.07 Å². The van der Waals surface area contributed by atoms with E-state index in [0.29, 0.717) is 12.3 Å². The quantitative estimate of drug-likeness (QED) is 0.906. The van der Waals surface area contributed by atoms with Crippen LogP contribution in [-0.4, -0.2) is 30.8 Å². The molecule has 2 aliphatic heterocycles. The number of amides is 1. The van der Waals surface area contributed by atoms with E-state index in [1.54, 1.807) is 12.1 Å². The van der Waals surface area contributed by atoms with Gasteiger partial charge in [0.2, 0.25) is 5.91 Å². The molecule has 4 atom stereocenters. The Morgan fingerprint density at radius 1 is 1.52 bits per heavy atom. The molecule has 0 aliphatic carbocycles. The van der Waals surface area contributed by atoms with Crippen LogP contribution in [0.3, 0.4) is 0 Å². The molecule has 1 aromatic carbocycles. The summed E-state index contributed by atoms with van der Waals surface area (Å²) in [7, 11) is 0. The number of benzene rings is 1. The number of hydrogen-bond acceptors (Lipinski definition) is 3. The number of ether oxygens (including phenoxy) is 2. The maximum absolute atomic E-state index is 13.1. The Labute approximate surface area is 123 Å². The van der Waals surface area contributed by atoms with Gasteiger partial charge in [0.15, 0.2) is 0 Å². The van der Waals surface area contributed by atoms with Crippen LogP contribution in [0.1, 0.15) is 26.2 Å². The molecule has 0 saturated carbocycles. The van der Waals surface area contributed by atoms with Crippen molar-refractivity contribution in [3.05, 3.63) is 30.1 Å². The molecule has 3 rings (SSSR count). The first-order valence-corrected chi connectivity index (χ1v) is 7.47. The van der Waals surface area contributed by atoms with Crippen LogP contribution in [0, 0.1) is 11.7 Å². The highest BCUT2D eigenvalue weighted by molar-refractivity contribution is 5.79. The fourth-order valence-electron chi connectivity index (χ4n) is 3.10. The molecule has 2 aliphatic rings. The van der Waals surface area contributed by atoms with Gasteiger partial charge >= 0.3 is 0 Å². The van der Waals surface area contributed by atoms with E-state index in [1.165, 1.54) is 12.1 Å². The van der Waals surface area contributed by atoms with Gasteiger partial charge in [0.25, 0.3) is 0 Å². The van der Waals surface area contributed by atoms with E-state index in [4.69, 9.17) is 9.47 Å². The fraction of sp³-hybridized carbons (Fsp3) is 0.562. The van der Waals surface area contributed by atoms with Crippen molar-refractivity contribution in [2.75, 3.05) is 6.54 Å². The Bertz CT molecular complexity index is 522. The zero-order valence-electron chi connectivity index (χ0n) is 12.0. The van der Waals surface area contributed by atoms with Crippen molar-refractivity contribution < 1.29 is 18.7 Å². The van der Waals surface area contributed by atoms with Crippen LogP contribution in [0.2, 0.25) is 0 Å². The van der Waals surface area contributed by atoms with Crippen molar-refractivity contribution in [3.8, 4) is 5.75 Å². The molecule has 0 spiro atoms. The largest absolute Gasteiger partial charge is 0.489 e. The molecule has 2 fully saturated rings. The van der Waals surface area contributed by atoms with Gasteiger partial charge in [-0.2, -0.15) is 0 Å². The van der Waals surface area contributed by atoms with Crippen LogP contribution in [-0.2, 0) is 9.53 Å². The summed E-state index contributed by atoms with van der Waals surface area (Å²) in [6.07, 6.45) is 3.04. The molecule has 114 valence electrons. The SMILES string of the molecule is C[C@@H](CNC(=O)[C@@H]1C[C@H]2CC[C@H]1O2)Oc1cccc(F)c1. The lowest BCUT2D eigenvalue weighted by atomic mass is 9.88. The summed E-state index contributed by atoms with van der Waals surface area (Å²) in [6, 6.07) is 6.00. The molecule has 0 unspecified atom stereocenters. The third kappa shape index (κ3) is 3.35. The normalized spacial score (nSPS) is 28.4. The second kappa shape index (κ2) is 6.02. The van der Waals surface area contributed by atoms with Gasteiger partial charge in [0.1, 0.15) is 17.7 Å². The summed E-state index contributed by atoms with van der Waals surface area (Å²) < 4.78 is 24.3. The first-order chi connectivity index (χ1) is 10.1. The molecule has 2 bridgehead atoms. The Balaban J connectivity index is 1.45. The van der Waals surface area contributed by atoms with Gasteiger partial charge in [-0.25, -0.2) is 4.39 Å². The number of carbonyl (C=O) groups is 1. The molecule has 1 N–H and O–H groups in total. The van der Waals surface area contributed by atoms with Crippen LogP contribution < -0.4 is 10.1 Å². The predicted octanol–water partition coefficient (Wildman–Crippen LogP) is 2.28. The van der Waals surface area contributed by atoms with Crippen molar-refractivity contribution >= 4 is 5.91 Å². The van der Waals surface area contributed by atoms with E-state index >= 15 is 0 Å². The number of hydrogen-bond donors (Lipinski definition) is 1. The highest BCUT2D eigenvalue weighted by Crippen LogP contribution is 2.38. The van der Waals surface area contributed by atoms with Crippen molar-refractivity contribution in [2.45, 2.75) is 44.5 Å². The Morgan fingerprint density at radius 3 is 3.05 bits per heavy atom. The van der Waals surface area contributed by atoms with Crippen molar-refractivity contribution in [1.82, 2.24) is 5.32 Å². The lowest BCUT2D eigenvalue weighted by molar-refractivity contribution is -0.126. The molecule has 5 heteroatoms. The number of rotatable bonds is 5. The average Bonchev–Trinajstić information content (AvgIpc) is 3.07. The van der Waals surface area contributed by atoms with Crippen molar-refractivity contribution in [2.24, 2.45) is 5.92 Å². The molecule has 2 saturated heterocycles. The van der Waals surface area contributed by atoms with Gasteiger partial charge in [-0.3, -0.25) is 4.79 Å². The first kappa shape index (κ1) is 14.3. The second-order valence-electron chi connectivity index (χ2n) is 5.85. The maximum atomic E-state index is 13.1. The second-order valence-corrected chi connectivity index (χ2v) is 5.85. The van der Waals surface area contributed by atoms with Crippen molar-refractivity contribution in [1.29, 1.82) is 0 Å². The van der Waals surface area contributed by atoms with Gasteiger partial charge in [0, 0.05) is 6.07 Å². The number of halogens is 1. The highest BCUT2D eigenvalue weighted by atomic mass is 19.1. The third-order valence-electron chi connectivity index (χ3n) is 4.14. The molecule has 0 aromatic heterocycles. The standard InChI is InChI=1S/C16H20FNO3/c1-10(20-12-4-2-3-11(17)7-12)9-18-16(19)14-8-13-5-6-15(14)21-13/h2-4,7,10,13-15H,5-6,8-9H2,1H3,(H,18,19)/t10-,13+,14+,15+/m0/s1. The van der Waals surface area contributed by atoms with E-state index in [0.717, 1.165) is 19.3 Å². The molecular weight excluding hydrogens is 273 g/mol. The summed E-state index contributed by atoms with van der Waals surface area (Å²) in [5.74, 6) is 0.157. The summed E-state index contributed by atoms with van der Waals surface area (Å²) in [6.45, 7) is 2.26. The lowest BCUT2D eigenvalue weighted by Gasteiger charge is -2.20. The number of carbonyl (C=O) groups excluding carboxylic acids is 1. The topological polar surface area (TPSA) is 47.6 Å².